The first kappa shape index (κ1) is 21.8. The van der Waals surface area contributed by atoms with Crippen LogP contribution in [-0.2, 0) is 7.05 Å². The van der Waals surface area contributed by atoms with E-state index in [-0.39, 0.29) is 6.10 Å². The van der Waals surface area contributed by atoms with Gasteiger partial charge < -0.3 is 14.2 Å². The SMILES string of the molecule is C=C/C(=C(\C=C)C(C)C)c1nc(OC2CCN(c3ccncc3)CC2)cc2c1ncn2C. The Balaban J connectivity index is 1.62. The van der Waals surface area contributed by atoms with Crippen molar-refractivity contribution in [1.29, 1.82) is 0 Å². The second-order valence-corrected chi connectivity index (χ2v) is 8.47. The molecule has 6 heteroatoms. The lowest BCUT2D eigenvalue weighted by molar-refractivity contribution is 0.164. The average Bonchev–Trinajstić information content (AvgIpc) is 3.18. The number of fused-ring (bicyclic) bond motifs is 1. The summed E-state index contributed by atoms with van der Waals surface area (Å²) in [5.41, 5.74) is 5.90. The fourth-order valence-corrected chi connectivity index (χ4v) is 4.32. The van der Waals surface area contributed by atoms with Crippen LogP contribution in [0.5, 0.6) is 5.88 Å². The number of aromatic nitrogens is 4. The predicted molar refractivity (Wildman–Crippen MR) is 131 cm³/mol. The van der Waals surface area contributed by atoms with Gasteiger partial charge in [-0.05, 0) is 23.6 Å². The van der Waals surface area contributed by atoms with Crippen molar-refractivity contribution in [3.63, 3.8) is 0 Å². The summed E-state index contributed by atoms with van der Waals surface area (Å²) in [6.45, 7) is 14.2. The van der Waals surface area contributed by atoms with Crippen molar-refractivity contribution >= 4 is 22.3 Å². The third-order valence-electron chi connectivity index (χ3n) is 6.06. The molecule has 0 aromatic carbocycles. The fraction of sp³-hybridized carbons (Fsp3) is 0.346. The topological polar surface area (TPSA) is 56.1 Å². The minimum Gasteiger partial charge on any atom is -0.474 e. The van der Waals surface area contributed by atoms with Gasteiger partial charge in [-0.15, -0.1) is 0 Å². The van der Waals surface area contributed by atoms with Crippen molar-refractivity contribution in [2.75, 3.05) is 18.0 Å². The molecule has 0 amide bonds. The number of piperidine rings is 1. The summed E-state index contributed by atoms with van der Waals surface area (Å²) in [6.07, 6.45) is 11.2. The van der Waals surface area contributed by atoms with Crippen LogP contribution in [0.15, 0.2) is 67.8 Å². The van der Waals surface area contributed by atoms with Gasteiger partial charge in [0.1, 0.15) is 17.3 Å². The van der Waals surface area contributed by atoms with E-state index in [1.807, 2.05) is 48.6 Å². The van der Waals surface area contributed by atoms with E-state index in [1.54, 1.807) is 0 Å². The quantitative estimate of drug-likeness (QED) is 0.484. The Morgan fingerprint density at radius 2 is 1.88 bits per heavy atom. The van der Waals surface area contributed by atoms with Gasteiger partial charge in [-0.2, -0.15) is 0 Å². The van der Waals surface area contributed by atoms with Crippen molar-refractivity contribution in [3.8, 4) is 5.88 Å². The highest BCUT2D eigenvalue weighted by atomic mass is 16.5. The standard InChI is InChI=1S/C26H31N5O/c1-6-21(18(3)4)22(7-2)25-26-23(30(5)17-28-26)16-24(29-25)32-20-10-14-31(15-11-20)19-8-12-27-13-9-19/h6-9,12-13,16-18,20H,1-2,10-11,14-15H2,3-5H3/b22-21-. The summed E-state index contributed by atoms with van der Waals surface area (Å²) >= 11 is 0. The molecule has 3 aromatic heterocycles. The number of aryl methyl sites for hydroxylation is 1. The number of hydrogen-bond acceptors (Lipinski definition) is 5. The number of anilines is 1. The Bertz CT molecular complexity index is 1140. The number of pyridine rings is 2. The Morgan fingerprint density at radius 1 is 1.16 bits per heavy atom. The third-order valence-corrected chi connectivity index (χ3v) is 6.06. The maximum absolute atomic E-state index is 6.41. The van der Waals surface area contributed by atoms with Crippen LogP contribution in [0.25, 0.3) is 16.6 Å². The number of imidazole rings is 1. The van der Waals surface area contributed by atoms with E-state index < -0.39 is 0 Å². The van der Waals surface area contributed by atoms with Crippen LogP contribution in [0.2, 0.25) is 0 Å². The second kappa shape index (κ2) is 9.39. The molecule has 1 saturated heterocycles. The van der Waals surface area contributed by atoms with Crippen molar-refractivity contribution in [2.45, 2.75) is 32.8 Å². The summed E-state index contributed by atoms with van der Waals surface area (Å²) in [7, 11) is 1.99. The molecule has 4 heterocycles. The molecule has 1 aliphatic heterocycles. The predicted octanol–water partition coefficient (Wildman–Crippen LogP) is 5.19. The molecule has 1 fully saturated rings. The zero-order chi connectivity index (χ0) is 22.7. The van der Waals surface area contributed by atoms with Gasteiger partial charge in [0.05, 0.1) is 11.8 Å². The molecule has 3 aromatic rings. The molecule has 0 saturated carbocycles. The van der Waals surface area contributed by atoms with Gasteiger partial charge >= 0.3 is 0 Å². The Morgan fingerprint density at radius 3 is 2.50 bits per heavy atom. The minimum absolute atomic E-state index is 0.124. The molecule has 0 atom stereocenters. The van der Waals surface area contributed by atoms with Gasteiger partial charge in [-0.1, -0.05) is 39.2 Å². The lowest BCUT2D eigenvalue weighted by Crippen LogP contribution is -2.38. The summed E-state index contributed by atoms with van der Waals surface area (Å²) < 4.78 is 8.41. The van der Waals surface area contributed by atoms with Crippen LogP contribution < -0.4 is 9.64 Å². The van der Waals surface area contributed by atoms with Crippen molar-refractivity contribution in [1.82, 2.24) is 19.5 Å². The highest BCUT2D eigenvalue weighted by molar-refractivity contribution is 5.92. The third kappa shape index (κ3) is 4.31. The molecule has 0 radical (unpaired) electrons. The monoisotopic (exact) mass is 429 g/mol. The van der Waals surface area contributed by atoms with Crippen LogP contribution >= 0.6 is 0 Å². The highest BCUT2D eigenvalue weighted by Crippen LogP contribution is 2.32. The van der Waals surface area contributed by atoms with Crippen LogP contribution in [0.3, 0.4) is 0 Å². The Kier molecular flexibility index (Phi) is 6.40. The van der Waals surface area contributed by atoms with Crippen molar-refractivity contribution in [2.24, 2.45) is 13.0 Å². The maximum Gasteiger partial charge on any atom is 0.216 e. The lowest BCUT2D eigenvalue weighted by atomic mass is 9.94. The molecule has 0 bridgehead atoms. The van der Waals surface area contributed by atoms with Gasteiger partial charge in [0.15, 0.2) is 0 Å². The maximum atomic E-state index is 6.41. The van der Waals surface area contributed by atoms with Gasteiger partial charge in [-0.25, -0.2) is 9.97 Å². The molecule has 0 spiro atoms. The minimum atomic E-state index is 0.124. The van der Waals surface area contributed by atoms with E-state index in [0.29, 0.717) is 11.8 Å². The number of allylic oxidation sites excluding steroid dienone is 4. The first-order chi connectivity index (χ1) is 15.5. The molecule has 0 N–H and O–H groups in total. The molecule has 32 heavy (non-hydrogen) atoms. The van der Waals surface area contributed by atoms with Gasteiger partial charge in [0, 0.05) is 62.7 Å². The number of nitrogens with zero attached hydrogens (tertiary/aromatic N) is 5. The van der Waals surface area contributed by atoms with E-state index in [2.05, 4.69) is 54.0 Å². The Hall–Kier alpha value is -3.41. The summed E-state index contributed by atoms with van der Waals surface area (Å²) in [6, 6.07) is 6.10. The number of rotatable bonds is 7. The molecule has 6 nitrogen and oxygen atoms in total. The van der Waals surface area contributed by atoms with E-state index in [4.69, 9.17) is 9.72 Å². The van der Waals surface area contributed by atoms with Gasteiger partial charge in [0.25, 0.3) is 0 Å². The fourth-order valence-electron chi connectivity index (χ4n) is 4.32. The van der Waals surface area contributed by atoms with Crippen LogP contribution in [-0.4, -0.2) is 38.7 Å². The largest absolute Gasteiger partial charge is 0.474 e. The molecular weight excluding hydrogens is 398 g/mol. The molecule has 0 aliphatic carbocycles. The van der Waals surface area contributed by atoms with Crippen LogP contribution in [0.4, 0.5) is 5.69 Å². The number of ether oxygens (including phenoxy) is 1. The van der Waals surface area contributed by atoms with Crippen LogP contribution in [0, 0.1) is 5.92 Å². The molecule has 1 aliphatic rings. The van der Waals surface area contributed by atoms with E-state index in [0.717, 1.165) is 53.8 Å². The van der Waals surface area contributed by atoms with Gasteiger partial charge in [0.2, 0.25) is 5.88 Å². The molecule has 166 valence electrons. The molecular formula is C26H31N5O. The zero-order valence-corrected chi connectivity index (χ0v) is 19.2. The molecule has 4 rings (SSSR count). The van der Waals surface area contributed by atoms with E-state index in [1.165, 1.54) is 5.69 Å². The number of hydrogen-bond donors (Lipinski definition) is 0. The smallest absolute Gasteiger partial charge is 0.216 e. The average molecular weight is 430 g/mol. The lowest BCUT2D eigenvalue weighted by Gasteiger charge is -2.33. The van der Waals surface area contributed by atoms with Gasteiger partial charge in [-0.3, -0.25) is 4.98 Å². The summed E-state index contributed by atoms with van der Waals surface area (Å²) in [5.74, 6) is 0.924. The van der Waals surface area contributed by atoms with E-state index >= 15 is 0 Å². The summed E-state index contributed by atoms with van der Waals surface area (Å²) in [4.78, 5) is 16.0. The first-order valence-electron chi connectivity index (χ1n) is 11.1. The zero-order valence-electron chi connectivity index (χ0n) is 19.2. The van der Waals surface area contributed by atoms with Crippen LogP contribution in [0.1, 0.15) is 32.4 Å². The summed E-state index contributed by atoms with van der Waals surface area (Å²) in [5, 5.41) is 0. The Labute approximate surface area is 190 Å². The molecule has 0 unspecified atom stereocenters. The van der Waals surface area contributed by atoms with E-state index in [9.17, 15) is 0 Å². The highest BCUT2D eigenvalue weighted by Gasteiger charge is 2.23. The van der Waals surface area contributed by atoms with Crippen molar-refractivity contribution in [3.05, 3.63) is 73.5 Å². The van der Waals surface area contributed by atoms with Crippen molar-refractivity contribution < 1.29 is 4.74 Å². The second-order valence-electron chi connectivity index (χ2n) is 8.47. The first-order valence-corrected chi connectivity index (χ1v) is 11.1. The normalized spacial score (nSPS) is 15.7.